The van der Waals surface area contributed by atoms with E-state index in [9.17, 15) is 8.42 Å². The van der Waals surface area contributed by atoms with E-state index in [-0.39, 0.29) is 6.04 Å². The monoisotopic (exact) mass is 239 g/mol. The Morgan fingerprint density at radius 2 is 2.14 bits per heavy atom. The summed E-state index contributed by atoms with van der Waals surface area (Å²) in [5.74, 6) is 0. The fourth-order valence-electron chi connectivity index (χ4n) is 0.886. The number of nitrogens with one attached hydrogen (secondary N) is 2. The predicted molar refractivity (Wildman–Crippen MR) is 61.2 cm³/mol. The molecule has 0 aliphatic carbocycles. The number of hydrogen-bond donors (Lipinski definition) is 3. The van der Waals surface area contributed by atoms with Gasteiger partial charge in [0, 0.05) is 19.0 Å². The molecule has 0 bridgehead atoms. The van der Waals surface area contributed by atoms with Crippen LogP contribution < -0.4 is 15.2 Å². The van der Waals surface area contributed by atoms with Gasteiger partial charge in [0.15, 0.2) is 0 Å². The zero-order chi connectivity index (χ0) is 11.2. The van der Waals surface area contributed by atoms with Gasteiger partial charge in [0.25, 0.3) is 10.2 Å². The van der Waals surface area contributed by atoms with Crippen LogP contribution in [-0.2, 0) is 10.2 Å². The topological polar surface area (TPSA) is 84.2 Å². The molecule has 0 spiro atoms. The second-order valence-corrected chi connectivity index (χ2v) is 5.14. The van der Waals surface area contributed by atoms with Gasteiger partial charge >= 0.3 is 0 Å². The molecule has 0 saturated heterocycles. The average molecular weight is 239 g/mol. The Morgan fingerprint density at radius 3 is 2.57 bits per heavy atom. The van der Waals surface area contributed by atoms with E-state index < -0.39 is 10.2 Å². The molecule has 0 aromatic carbocycles. The lowest BCUT2D eigenvalue weighted by Gasteiger charge is -2.13. The highest BCUT2D eigenvalue weighted by Crippen LogP contribution is 1.93. The maximum Gasteiger partial charge on any atom is 0.277 e. The third kappa shape index (κ3) is 7.19. The maximum atomic E-state index is 11.3. The lowest BCUT2D eigenvalue weighted by Crippen LogP contribution is -2.42. The first-order valence-corrected chi connectivity index (χ1v) is 6.31. The van der Waals surface area contributed by atoms with Crippen molar-refractivity contribution in [3.63, 3.8) is 0 Å². The molecule has 0 aliphatic heterocycles. The highest BCUT2D eigenvalue weighted by Gasteiger charge is 2.13. The first-order valence-electron chi connectivity index (χ1n) is 4.42. The Kier molecular flexibility index (Phi) is 6.17. The smallest absolute Gasteiger partial charge is 0.277 e. The summed E-state index contributed by atoms with van der Waals surface area (Å²) in [6.45, 7) is 4.03. The molecule has 0 fully saturated rings. The zero-order valence-electron chi connectivity index (χ0n) is 8.41. The second-order valence-electron chi connectivity index (χ2n) is 3.09. The van der Waals surface area contributed by atoms with Crippen LogP contribution in [-0.4, -0.2) is 26.0 Å². The quantitative estimate of drug-likeness (QED) is 0.541. The Morgan fingerprint density at radius 1 is 1.57 bits per heavy atom. The van der Waals surface area contributed by atoms with Crippen LogP contribution in [0, 0.1) is 0 Å². The number of rotatable bonds is 7. The van der Waals surface area contributed by atoms with Gasteiger partial charge in [-0.2, -0.15) is 13.1 Å². The molecule has 4 N–H and O–H groups in total. The zero-order valence-corrected chi connectivity index (χ0v) is 10.0. The summed E-state index contributed by atoms with van der Waals surface area (Å²) in [6.07, 6.45) is 1.12. The van der Waals surface area contributed by atoms with Crippen LogP contribution in [0.3, 0.4) is 0 Å². The standard InChI is InChI=1S/C7H17N3O2S2/c1-3-4-9-14(11,12)10-6(2)5-7(8)13/h6,9-10H,3-5H2,1-2H3,(H2,8,13). The molecule has 0 saturated carbocycles. The van der Waals surface area contributed by atoms with Crippen molar-refractivity contribution in [2.75, 3.05) is 6.54 Å². The molecular formula is C7H17N3O2S2. The highest BCUT2D eigenvalue weighted by molar-refractivity contribution is 7.87. The van der Waals surface area contributed by atoms with Crippen LogP contribution in [0.15, 0.2) is 0 Å². The van der Waals surface area contributed by atoms with E-state index >= 15 is 0 Å². The molecule has 1 atom stereocenters. The fourth-order valence-corrected chi connectivity index (χ4v) is 2.31. The SMILES string of the molecule is CCCNS(=O)(=O)NC(C)CC(N)=S. The van der Waals surface area contributed by atoms with E-state index in [0.29, 0.717) is 18.0 Å². The van der Waals surface area contributed by atoms with E-state index in [0.717, 1.165) is 6.42 Å². The summed E-state index contributed by atoms with van der Waals surface area (Å²) in [6, 6.07) is -0.276. The summed E-state index contributed by atoms with van der Waals surface area (Å²) in [5, 5.41) is 0. The van der Waals surface area contributed by atoms with Crippen molar-refractivity contribution in [2.45, 2.75) is 32.7 Å². The van der Waals surface area contributed by atoms with Crippen molar-refractivity contribution in [3.05, 3.63) is 0 Å². The Bertz CT molecular complexity index is 277. The van der Waals surface area contributed by atoms with Crippen LogP contribution in [0.4, 0.5) is 0 Å². The third-order valence-corrected chi connectivity index (χ3v) is 2.87. The molecule has 14 heavy (non-hydrogen) atoms. The van der Waals surface area contributed by atoms with Crippen molar-refractivity contribution < 1.29 is 8.42 Å². The maximum absolute atomic E-state index is 11.3. The Balaban J connectivity index is 4.02. The molecule has 0 amide bonds. The molecular weight excluding hydrogens is 222 g/mol. The number of nitrogens with two attached hydrogens (primary N) is 1. The van der Waals surface area contributed by atoms with Crippen molar-refractivity contribution in [3.8, 4) is 0 Å². The van der Waals surface area contributed by atoms with Crippen LogP contribution in [0.5, 0.6) is 0 Å². The summed E-state index contributed by atoms with van der Waals surface area (Å²) in [7, 11) is -3.40. The minimum absolute atomic E-state index is 0.276. The third-order valence-electron chi connectivity index (χ3n) is 1.41. The van der Waals surface area contributed by atoms with E-state index in [1.165, 1.54) is 0 Å². The second kappa shape index (κ2) is 6.28. The summed E-state index contributed by atoms with van der Waals surface area (Å²) in [4.78, 5) is 0.302. The predicted octanol–water partition coefficient (Wildman–Crippen LogP) is -0.115. The van der Waals surface area contributed by atoms with Crippen LogP contribution >= 0.6 is 12.2 Å². The van der Waals surface area contributed by atoms with Crippen molar-refractivity contribution in [1.29, 1.82) is 0 Å². The molecule has 1 unspecified atom stereocenters. The van der Waals surface area contributed by atoms with Gasteiger partial charge in [-0.3, -0.25) is 0 Å². The van der Waals surface area contributed by atoms with Gasteiger partial charge in [0.1, 0.15) is 0 Å². The van der Waals surface area contributed by atoms with Gasteiger partial charge in [0.05, 0.1) is 4.99 Å². The lowest BCUT2D eigenvalue weighted by molar-refractivity contribution is 0.550. The largest absolute Gasteiger partial charge is 0.393 e. The van der Waals surface area contributed by atoms with E-state index in [1.807, 2.05) is 6.92 Å². The molecule has 0 aromatic heterocycles. The summed E-state index contributed by atoms with van der Waals surface area (Å²) < 4.78 is 27.4. The lowest BCUT2D eigenvalue weighted by atomic mass is 10.3. The average Bonchev–Trinajstić information content (AvgIpc) is 1.98. The summed E-state index contributed by atoms with van der Waals surface area (Å²) in [5.41, 5.74) is 5.29. The van der Waals surface area contributed by atoms with Gasteiger partial charge < -0.3 is 5.73 Å². The molecule has 5 nitrogen and oxygen atoms in total. The molecule has 84 valence electrons. The van der Waals surface area contributed by atoms with Crippen LogP contribution in [0.25, 0.3) is 0 Å². The van der Waals surface area contributed by atoms with Crippen molar-refractivity contribution in [1.82, 2.24) is 9.44 Å². The Labute approximate surface area is 90.6 Å². The van der Waals surface area contributed by atoms with E-state index in [4.69, 9.17) is 5.73 Å². The number of thiocarbonyl (C=S) groups is 1. The first kappa shape index (κ1) is 13.8. The molecule has 0 radical (unpaired) electrons. The van der Waals surface area contributed by atoms with Gasteiger partial charge in [-0.25, -0.2) is 4.72 Å². The van der Waals surface area contributed by atoms with Gasteiger partial charge in [-0.05, 0) is 13.3 Å². The molecule has 7 heteroatoms. The van der Waals surface area contributed by atoms with Crippen LogP contribution in [0.1, 0.15) is 26.7 Å². The Hall–Kier alpha value is -0.240. The minimum atomic E-state index is -3.40. The van der Waals surface area contributed by atoms with Crippen molar-refractivity contribution in [2.24, 2.45) is 5.73 Å². The molecule has 0 aliphatic rings. The molecule has 0 heterocycles. The summed E-state index contributed by atoms with van der Waals surface area (Å²) >= 11 is 4.67. The van der Waals surface area contributed by atoms with Crippen LogP contribution in [0.2, 0.25) is 0 Å². The molecule has 0 rings (SSSR count). The van der Waals surface area contributed by atoms with Gasteiger partial charge in [-0.15, -0.1) is 0 Å². The van der Waals surface area contributed by atoms with Gasteiger partial charge in [-0.1, -0.05) is 19.1 Å². The first-order chi connectivity index (χ1) is 6.37. The normalized spacial score (nSPS) is 13.9. The van der Waals surface area contributed by atoms with Gasteiger partial charge in [0.2, 0.25) is 0 Å². The van der Waals surface area contributed by atoms with Crippen molar-refractivity contribution >= 4 is 27.4 Å². The fraction of sp³-hybridized carbons (Fsp3) is 0.857. The minimum Gasteiger partial charge on any atom is -0.393 e. The van der Waals surface area contributed by atoms with E-state index in [2.05, 4.69) is 21.7 Å². The molecule has 0 aromatic rings. The highest BCUT2D eigenvalue weighted by atomic mass is 32.2. The van der Waals surface area contributed by atoms with E-state index in [1.54, 1.807) is 6.92 Å². The number of hydrogen-bond acceptors (Lipinski definition) is 3.